The van der Waals surface area contributed by atoms with Gasteiger partial charge in [0, 0.05) is 50.7 Å². The van der Waals surface area contributed by atoms with Crippen LogP contribution in [0.1, 0.15) is 29.6 Å². The smallest absolute Gasteiger partial charge is 0.218 e. The number of hydrogen-bond donors (Lipinski definition) is 8. The van der Waals surface area contributed by atoms with Crippen LogP contribution in [0.15, 0.2) is 48.5 Å². The van der Waals surface area contributed by atoms with Crippen molar-refractivity contribution >= 4 is 5.91 Å². The molecule has 9 heteroatoms. The maximum absolute atomic E-state index is 10.9. The lowest BCUT2D eigenvalue weighted by atomic mass is 10.1. The number of aliphatic hydroxyl groups is 1. The van der Waals surface area contributed by atoms with E-state index in [1.165, 1.54) is 0 Å². The lowest BCUT2D eigenvalue weighted by molar-refractivity contribution is -0.117. The molecule has 0 spiro atoms. The molecule has 10 N–H and O–H groups in total. The van der Waals surface area contributed by atoms with Crippen molar-refractivity contribution in [1.82, 2.24) is 16.0 Å². The van der Waals surface area contributed by atoms with E-state index in [9.17, 15) is 20.1 Å². The van der Waals surface area contributed by atoms with Gasteiger partial charge in [0.1, 0.15) is 11.5 Å². The SMILES string of the molecule is NC(=O)CCNC[C@@H](NC[C@H](CO)NC[C@@H](N)c1ccc(O)cc1)c1ccc(O)cc1. The Hall–Kier alpha value is -2.69. The van der Waals surface area contributed by atoms with E-state index in [1.54, 1.807) is 36.4 Å². The molecule has 0 unspecified atom stereocenters. The van der Waals surface area contributed by atoms with E-state index in [4.69, 9.17) is 11.5 Å². The highest BCUT2D eigenvalue weighted by atomic mass is 16.3. The van der Waals surface area contributed by atoms with Crippen molar-refractivity contribution in [3.63, 3.8) is 0 Å². The van der Waals surface area contributed by atoms with Crippen molar-refractivity contribution in [1.29, 1.82) is 0 Å². The van der Waals surface area contributed by atoms with Gasteiger partial charge in [0.15, 0.2) is 0 Å². The van der Waals surface area contributed by atoms with Crippen LogP contribution in [-0.4, -0.2) is 60.1 Å². The number of carbonyl (C=O) groups excluding carboxylic acids is 1. The second-order valence-electron chi connectivity index (χ2n) is 7.46. The minimum Gasteiger partial charge on any atom is -0.508 e. The van der Waals surface area contributed by atoms with E-state index in [0.717, 1.165) is 11.1 Å². The summed E-state index contributed by atoms with van der Waals surface area (Å²) in [5, 5.41) is 38.6. The van der Waals surface area contributed by atoms with Crippen LogP contribution in [0.2, 0.25) is 0 Å². The third-order valence-corrected chi connectivity index (χ3v) is 4.97. The molecule has 0 aliphatic heterocycles. The molecular formula is C22H33N5O4. The second kappa shape index (κ2) is 12.9. The second-order valence-corrected chi connectivity index (χ2v) is 7.46. The van der Waals surface area contributed by atoms with Gasteiger partial charge in [-0.05, 0) is 35.4 Å². The summed E-state index contributed by atoms with van der Waals surface area (Å²) in [6, 6.07) is 13.0. The predicted octanol–water partition coefficient (Wildman–Crippen LogP) is -0.156. The maximum Gasteiger partial charge on any atom is 0.218 e. The molecule has 3 atom stereocenters. The average Bonchev–Trinajstić information content (AvgIpc) is 2.76. The van der Waals surface area contributed by atoms with Gasteiger partial charge < -0.3 is 42.7 Å². The molecule has 0 heterocycles. The molecule has 0 radical (unpaired) electrons. The van der Waals surface area contributed by atoms with E-state index in [-0.39, 0.29) is 48.6 Å². The van der Waals surface area contributed by atoms with Crippen molar-refractivity contribution in [2.45, 2.75) is 24.5 Å². The summed E-state index contributed by atoms with van der Waals surface area (Å²) in [6.45, 7) is 1.87. The van der Waals surface area contributed by atoms with Gasteiger partial charge in [0.25, 0.3) is 0 Å². The first kappa shape index (κ1) is 24.6. The predicted molar refractivity (Wildman–Crippen MR) is 119 cm³/mol. The number of phenolic OH excluding ortho intramolecular Hbond substituents is 2. The van der Waals surface area contributed by atoms with E-state index >= 15 is 0 Å². The first-order chi connectivity index (χ1) is 14.9. The fraction of sp³-hybridized carbons (Fsp3) is 0.409. The van der Waals surface area contributed by atoms with Crippen molar-refractivity contribution < 1.29 is 20.1 Å². The van der Waals surface area contributed by atoms with Crippen LogP contribution in [0.25, 0.3) is 0 Å². The highest BCUT2D eigenvalue weighted by molar-refractivity contribution is 5.73. The molecule has 0 saturated heterocycles. The molecule has 0 aliphatic rings. The summed E-state index contributed by atoms with van der Waals surface area (Å²) in [6.07, 6.45) is 0.248. The summed E-state index contributed by atoms with van der Waals surface area (Å²) in [7, 11) is 0. The lowest BCUT2D eigenvalue weighted by Gasteiger charge is -2.25. The molecule has 0 fully saturated rings. The van der Waals surface area contributed by atoms with E-state index < -0.39 is 0 Å². The van der Waals surface area contributed by atoms with Gasteiger partial charge in [-0.15, -0.1) is 0 Å². The topological polar surface area (TPSA) is 166 Å². The molecule has 2 rings (SSSR count). The first-order valence-corrected chi connectivity index (χ1v) is 10.3. The highest BCUT2D eigenvalue weighted by Gasteiger charge is 2.16. The highest BCUT2D eigenvalue weighted by Crippen LogP contribution is 2.17. The minimum atomic E-state index is -0.365. The third kappa shape index (κ3) is 8.91. The molecule has 0 bridgehead atoms. The number of benzene rings is 2. The van der Waals surface area contributed by atoms with Crippen molar-refractivity contribution in [2.24, 2.45) is 11.5 Å². The number of amides is 1. The van der Waals surface area contributed by atoms with Crippen LogP contribution >= 0.6 is 0 Å². The molecule has 0 aromatic heterocycles. The van der Waals surface area contributed by atoms with Gasteiger partial charge in [-0.2, -0.15) is 0 Å². The van der Waals surface area contributed by atoms with Crippen molar-refractivity contribution in [3.8, 4) is 11.5 Å². The van der Waals surface area contributed by atoms with Crippen LogP contribution in [0, 0.1) is 0 Å². The molecule has 2 aromatic carbocycles. The Labute approximate surface area is 182 Å². The van der Waals surface area contributed by atoms with Gasteiger partial charge in [0.05, 0.1) is 6.61 Å². The zero-order valence-corrected chi connectivity index (χ0v) is 17.5. The Bertz CT molecular complexity index is 785. The molecular weight excluding hydrogens is 398 g/mol. The quantitative estimate of drug-likeness (QED) is 0.191. The number of nitrogens with two attached hydrogens (primary N) is 2. The van der Waals surface area contributed by atoms with E-state index in [2.05, 4.69) is 16.0 Å². The Morgan fingerprint density at radius 2 is 1.45 bits per heavy atom. The molecule has 0 aliphatic carbocycles. The van der Waals surface area contributed by atoms with Crippen LogP contribution in [0.4, 0.5) is 0 Å². The molecule has 0 saturated carbocycles. The molecule has 31 heavy (non-hydrogen) atoms. The molecule has 170 valence electrons. The maximum atomic E-state index is 10.9. The number of aromatic hydroxyl groups is 2. The summed E-state index contributed by atoms with van der Waals surface area (Å²) in [4.78, 5) is 10.9. The number of primary amides is 1. The van der Waals surface area contributed by atoms with Gasteiger partial charge in [-0.1, -0.05) is 24.3 Å². The fourth-order valence-corrected chi connectivity index (χ4v) is 3.09. The monoisotopic (exact) mass is 431 g/mol. The largest absolute Gasteiger partial charge is 0.508 e. The Morgan fingerprint density at radius 1 is 0.871 bits per heavy atom. The minimum absolute atomic E-state index is 0.0767. The van der Waals surface area contributed by atoms with Gasteiger partial charge >= 0.3 is 0 Å². The first-order valence-electron chi connectivity index (χ1n) is 10.3. The van der Waals surface area contributed by atoms with Crippen LogP contribution in [-0.2, 0) is 4.79 Å². The Balaban J connectivity index is 1.89. The van der Waals surface area contributed by atoms with Gasteiger partial charge in [-0.25, -0.2) is 0 Å². The molecule has 2 aromatic rings. The van der Waals surface area contributed by atoms with Crippen molar-refractivity contribution in [2.75, 3.05) is 32.8 Å². The van der Waals surface area contributed by atoms with E-state index in [1.807, 2.05) is 12.1 Å². The zero-order chi connectivity index (χ0) is 22.6. The standard InChI is InChI=1S/C22H33N5O4/c23-20(15-1-5-18(29)6-2-15)12-26-17(14-28)11-27-21(13-25-10-9-22(24)31)16-3-7-19(30)8-4-16/h1-8,17,20-21,25-30H,9-14,23H2,(H2,24,31)/t17-,20-,21-/m1/s1. The summed E-state index contributed by atoms with van der Waals surface area (Å²) >= 11 is 0. The van der Waals surface area contributed by atoms with Gasteiger partial charge in [0.2, 0.25) is 5.91 Å². The number of phenols is 2. The van der Waals surface area contributed by atoms with E-state index in [0.29, 0.717) is 26.2 Å². The number of hydrogen-bond acceptors (Lipinski definition) is 8. The number of aliphatic hydroxyl groups excluding tert-OH is 1. The number of nitrogens with one attached hydrogen (secondary N) is 3. The molecule has 9 nitrogen and oxygen atoms in total. The van der Waals surface area contributed by atoms with Crippen LogP contribution < -0.4 is 27.4 Å². The Morgan fingerprint density at radius 3 is 2.00 bits per heavy atom. The van der Waals surface area contributed by atoms with Crippen LogP contribution in [0.3, 0.4) is 0 Å². The number of rotatable bonds is 14. The molecule has 1 amide bonds. The summed E-state index contributed by atoms with van der Waals surface area (Å²) < 4.78 is 0. The normalized spacial score (nSPS) is 14.1. The average molecular weight is 432 g/mol. The summed E-state index contributed by atoms with van der Waals surface area (Å²) in [5.74, 6) is 0.00418. The third-order valence-electron chi connectivity index (χ3n) is 4.97. The van der Waals surface area contributed by atoms with Gasteiger partial charge in [-0.3, -0.25) is 4.79 Å². The fourth-order valence-electron chi connectivity index (χ4n) is 3.09. The Kier molecular flexibility index (Phi) is 10.2. The lowest BCUT2D eigenvalue weighted by Crippen LogP contribution is -2.46. The summed E-state index contributed by atoms with van der Waals surface area (Å²) in [5.41, 5.74) is 13.2. The zero-order valence-electron chi connectivity index (χ0n) is 17.5. The van der Waals surface area contributed by atoms with Crippen LogP contribution in [0.5, 0.6) is 11.5 Å². The van der Waals surface area contributed by atoms with Crippen molar-refractivity contribution in [3.05, 3.63) is 59.7 Å². The number of carbonyl (C=O) groups is 1.